The van der Waals surface area contributed by atoms with Crippen LogP contribution >= 0.6 is 54.5 Å². The maximum atomic E-state index is 9.11. The summed E-state index contributed by atoms with van der Waals surface area (Å²) < 4.78 is 2.30. The van der Waals surface area contributed by atoms with Crippen molar-refractivity contribution < 1.29 is 10.2 Å². The molecule has 0 amide bonds. The fourth-order valence-electron chi connectivity index (χ4n) is 0.941. The van der Waals surface area contributed by atoms with E-state index in [1.807, 2.05) is 18.2 Å². The van der Waals surface area contributed by atoms with Gasteiger partial charge in [-0.2, -0.15) is 0 Å². The second kappa shape index (κ2) is 7.23. The van der Waals surface area contributed by atoms with Crippen LogP contribution in [0.1, 0.15) is 0 Å². The van der Waals surface area contributed by atoms with Gasteiger partial charge in [0.15, 0.2) is 0 Å². The highest BCUT2D eigenvalue weighted by Crippen LogP contribution is 2.30. The van der Waals surface area contributed by atoms with Crippen LogP contribution in [-0.4, -0.2) is 10.2 Å². The van der Waals surface area contributed by atoms with Crippen LogP contribution in [0, 0.1) is 3.57 Å². The number of hydrogen-bond acceptors (Lipinski definition) is 2. The van der Waals surface area contributed by atoms with Crippen LogP contribution in [0.25, 0.3) is 0 Å². The van der Waals surface area contributed by atoms with Gasteiger partial charge in [0.05, 0.1) is 12.5 Å². The van der Waals surface area contributed by atoms with E-state index < -0.39 is 0 Å². The molecule has 0 saturated heterocycles. The van der Waals surface area contributed by atoms with Gasteiger partial charge in [0.2, 0.25) is 0 Å². The van der Waals surface area contributed by atoms with Crippen LogP contribution < -0.4 is 0 Å². The highest BCUT2D eigenvalue weighted by atomic mass is 127. The monoisotopic (exact) mass is 470 g/mol. The van der Waals surface area contributed by atoms with Gasteiger partial charge in [0, 0.05) is 0 Å². The molecule has 5 heteroatoms. The standard InChI is InChI=1S/C6H4Br2O.C6H5IO/c7-4-2-1-3-5(8)6(4)9;7-5-3-1-2-4-6(5)8/h1-3,9H;1-4,8H. The van der Waals surface area contributed by atoms with Gasteiger partial charge in [-0.1, -0.05) is 18.2 Å². The van der Waals surface area contributed by atoms with Crippen molar-refractivity contribution in [3.8, 4) is 11.5 Å². The molecule has 2 aromatic rings. The van der Waals surface area contributed by atoms with Crippen LogP contribution in [0.4, 0.5) is 0 Å². The molecule has 0 heterocycles. The van der Waals surface area contributed by atoms with E-state index in [0.717, 1.165) is 3.57 Å². The lowest BCUT2D eigenvalue weighted by Crippen LogP contribution is -1.68. The fraction of sp³-hybridized carbons (Fsp3) is 0. The van der Waals surface area contributed by atoms with Crippen LogP contribution in [0.2, 0.25) is 0 Å². The minimum atomic E-state index is 0.248. The Hall–Kier alpha value is -0.270. The Morgan fingerprint density at radius 1 is 0.824 bits per heavy atom. The summed E-state index contributed by atoms with van der Waals surface area (Å²) in [4.78, 5) is 0. The molecular weight excluding hydrogens is 463 g/mol. The first-order valence-corrected chi connectivity index (χ1v) is 7.25. The normalized spacial score (nSPS) is 9.35. The smallest absolute Gasteiger partial charge is 0.143 e. The first kappa shape index (κ1) is 14.8. The van der Waals surface area contributed by atoms with Gasteiger partial charge in [0.25, 0.3) is 0 Å². The topological polar surface area (TPSA) is 40.5 Å². The van der Waals surface area contributed by atoms with Crippen LogP contribution in [-0.2, 0) is 0 Å². The molecule has 0 aliphatic rings. The third kappa shape index (κ3) is 4.85. The average Bonchev–Trinajstić information content (AvgIpc) is 2.31. The number of para-hydroxylation sites is 2. The lowest BCUT2D eigenvalue weighted by Gasteiger charge is -1.96. The van der Waals surface area contributed by atoms with Gasteiger partial charge in [-0.3, -0.25) is 0 Å². The first-order chi connectivity index (χ1) is 8.02. The van der Waals surface area contributed by atoms with E-state index in [1.54, 1.807) is 24.3 Å². The molecular formula is C12H9Br2IO2. The second-order valence-corrected chi connectivity index (χ2v) is 5.89. The summed E-state index contributed by atoms with van der Waals surface area (Å²) in [5.41, 5.74) is 0. The number of benzene rings is 2. The molecule has 0 aliphatic heterocycles. The number of hydrogen-bond donors (Lipinski definition) is 2. The van der Waals surface area contributed by atoms with Crippen LogP contribution in [0.5, 0.6) is 11.5 Å². The average molecular weight is 472 g/mol. The molecule has 0 saturated carbocycles. The molecule has 0 aliphatic carbocycles. The second-order valence-electron chi connectivity index (χ2n) is 3.02. The third-order valence-electron chi connectivity index (χ3n) is 1.79. The van der Waals surface area contributed by atoms with Gasteiger partial charge < -0.3 is 10.2 Å². The SMILES string of the molecule is Oc1c(Br)cccc1Br.Oc1ccccc1I. The molecule has 0 atom stereocenters. The maximum Gasteiger partial charge on any atom is 0.143 e. The molecule has 90 valence electrons. The Bertz CT molecular complexity index is 462. The van der Waals surface area contributed by atoms with Gasteiger partial charge >= 0.3 is 0 Å². The number of phenols is 2. The lowest BCUT2D eigenvalue weighted by atomic mass is 10.3. The quantitative estimate of drug-likeness (QED) is 0.536. The van der Waals surface area contributed by atoms with Crippen LogP contribution in [0.3, 0.4) is 0 Å². The summed E-state index contributed by atoms with van der Waals surface area (Å²) in [5, 5.41) is 18.0. The number of halogens is 3. The van der Waals surface area contributed by atoms with Crippen molar-refractivity contribution in [2.75, 3.05) is 0 Å². The molecule has 17 heavy (non-hydrogen) atoms. The molecule has 0 spiro atoms. The summed E-state index contributed by atoms with van der Waals surface area (Å²) in [6, 6.07) is 12.6. The van der Waals surface area contributed by atoms with Gasteiger partial charge in [-0.05, 0) is 78.7 Å². The highest BCUT2D eigenvalue weighted by Gasteiger charge is 1.98. The zero-order valence-corrected chi connectivity index (χ0v) is 13.9. The van der Waals surface area contributed by atoms with Crippen molar-refractivity contribution in [1.82, 2.24) is 0 Å². The van der Waals surface area contributed by atoms with E-state index in [9.17, 15) is 0 Å². The Morgan fingerprint density at radius 3 is 1.71 bits per heavy atom. The van der Waals surface area contributed by atoms with Crippen molar-refractivity contribution in [3.05, 3.63) is 55.0 Å². The van der Waals surface area contributed by atoms with Gasteiger partial charge in [-0.15, -0.1) is 0 Å². The molecule has 0 aromatic heterocycles. The van der Waals surface area contributed by atoms with Crippen molar-refractivity contribution >= 4 is 54.5 Å². The zero-order chi connectivity index (χ0) is 12.8. The van der Waals surface area contributed by atoms with Gasteiger partial charge in [-0.25, -0.2) is 0 Å². The fourth-order valence-corrected chi connectivity index (χ4v) is 2.33. The Kier molecular flexibility index (Phi) is 6.29. The first-order valence-electron chi connectivity index (χ1n) is 4.59. The van der Waals surface area contributed by atoms with E-state index in [1.165, 1.54) is 0 Å². The van der Waals surface area contributed by atoms with E-state index in [-0.39, 0.29) is 5.75 Å². The maximum absolute atomic E-state index is 9.11. The molecule has 2 aromatic carbocycles. The van der Waals surface area contributed by atoms with E-state index >= 15 is 0 Å². The molecule has 0 unspecified atom stereocenters. The minimum Gasteiger partial charge on any atom is -0.507 e. The van der Waals surface area contributed by atoms with Crippen molar-refractivity contribution in [1.29, 1.82) is 0 Å². The summed E-state index contributed by atoms with van der Waals surface area (Å²) in [6.07, 6.45) is 0. The van der Waals surface area contributed by atoms with Crippen molar-refractivity contribution in [2.24, 2.45) is 0 Å². The molecule has 0 fully saturated rings. The van der Waals surface area contributed by atoms with E-state index in [0.29, 0.717) is 14.7 Å². The minimum absolute atomic E-state index is 0.248. The highest BCUT2D eigenvalue weighted by molar-refractivity contribution is 14.1. The predicted molar refractivity (Wildman–Crippen MR) is 84.3 cm³/mol. The van der Waals surface area contributed by atoms with Gasteiger partial charge in [0.1, 0.15) is 11.5 Å². The molecule has 2 nitrogen and oxygen atoms in total. The number of phenolic OH excluding ortho intramolecular Hbond substituents is 2. The Labute approximate surface area is 130 Å². The third-order valence-corrected chi connectivity index (χ3v) is 3.98. The van der Waals surface area contributed by atoms with E-state index in [2.05, 4.69) is 54.5 Å². The van der Waals surface area contributed by atoms with Crippen LogP contribution in [0.15, 0.2) is 51.4 Å². The zero-order valence-electron chi connectivity index (χ0n) is 8.57. The Balaban J connectivity index is 0.000000171. The summed E-state index contributed by atoms with van der Waals surface area (Å²) in [7, 11) is 0. The van der Waals surface area contributed by atoms with Crippen molar-refractivity contribution in [3.63, 3.8) is 0 Å². The largest absolute Gasteiger partial charge is 0.507 e. The molecule has 0 bridgehead atoms. The lowest BCUT2D eigenvalue weighted by molar-refractivity contribution is 0.468. The summed E-state index contributed by atoms with van der Waals surface area (Å²) >= 11 is 8.41. The molecule has 0 radical (unpaired) electrons. The molecule has 2 N–H and O–H groups in total. The van der Waals surface area contributed by atoms with Crippen molar-refractivity contribution in [2.45, 2.75) is 0 Å². The molecule has 2 rings (SSSR count). The predicted octanol–water partition coefficient (Wildman–Crippen LogP) is 4.91. The summed E-state index contributed by atoms with van der Waals surface area (Å²) in [5.74, 6) is 0.602. The Morgan fingerprint density at radius 2 is 1.35 bits per heavy atom. The van der Waals surface area contributed by atoms with E-state index in [4.69, 9.17) is 10.2 Å². The number of aromatic hydroxyl groups is 2. The number of rotatable bonds is 0. The summed E-state index contributed by atoms with van der Waals surface area (Å²) in [6.45, 7) is 0.